The van der Waals surface area contributed by atoms with E-state index in [0.717, 1.165) is 12.2 Å². The molecular formula is C15H19N3. The van der Waals surface area contributed by atoms with Crippen LogP contribution >= 0.6 is 0 Å². The summed E-state index contributed by atoms with van der Waals surface area (Å²) in [4.78, 5) is 0. The molecule has 0 radical (unpaired) electrons. The van der Waals surface area contributed by atoms with Crippen molar-refractivity contribution in [3.63, 3.8) is 0 Å². The first-order chi connectivity index (χ1) is 8.93. The van der Waals surface area contributed by atoms with E-state index in [-0.39, 0.29) is 0 Å². The normalized spacial score (nSPS) is 19.2. The molecule has 0 spiro atoms. The van der Waals surface area contributed by atoms with E-state index in [1.165, 1.54) is 36.8 Å². The average Bonchev–Trinajstić information content (AvgIpc) is 2.84. The summed E-state index contributed by atoms with van der Waals surface area (Å²) in [5.74, 6) is 0. The summed E-state index contributed by atoms with van der Waals surface area (Å²) in [5.41, 5.74) is 4.14. The molecule has 0 aliphatic heterocycles. The van der Waals surface area contributed by atoms with Crippen LogP contribution in [-0.2, 0) is 13.0 Å². The molecule has 1 aromatic heterocycles. The molecule has 18 heavy (non-hydrogen) atoms. The van der Waals surface area contributed by atoms with Crippen molar-refractivity contribution in [1.82, 2.24) is 15.5 Å². The van der Waals surface area contributed by atoms with Crippen LogP contribution in [0.2, 0.25) is 0 Å². The third kappa shape index (κ3) is 2.46. The summed E-state index contributed by atoms with van der Waals surface area (Å²) in [7, 11) is 0. The lowest BCUT2D eigenvalue weighted by Crippen LogP contribution is -2.21. The fourth-order valence-corrected chi connectivity index (χ4v) is 2.75. The number of aromatic amines is 1. The van der Waals surface area contributed by atoms with Gasteiger partial charge in [0.2, 0.25) is 0 Å². The quantitative estimate of drug-likeness (QED) is 0.811. The smallest absolute Gasteiger partial charge is 0.0490 e. The molecule has 94 valence electrons. The molecule has 3 heteroatoms. The Morgan fingerprint density at radius 1 is 1.22 bits per heavy atom. The highest BCUT2D eigenvalue weighted by atomic mass is 15.1. The summed E-state index contributed by atoms with van der Waals surface area (Å²) in [5, 5.41) is 10.6. The molecule has 1 aliphatic rings. The maximum atomic E-state index is 3.98. The number of aryl methyl sites for hydroxylation is 1. The van der Waals surface area contributed by atoms with Gasteiger partial charge in [-0.1, -0.05) is 30.7 Å². The molecule has 3 rings (SSSR count). The summed E-state index contributed by atoms with van der Waals surface area (Å²) < 4.78 is 0. The van der Waals surface area contributed by atoms with Gasteiger partial charge in [0.25, 0.3) is 0 Å². The van der Waals surface area contributed by atoms with Gasteiger partial charge in [-0.15, -0.1) is 0 Å². The van der Waals surface area contributed by atoms with Gasteiger partial charge in [-0.2, -0.15) is 5.10 Å². The van der Waals surface area contributed by atoms with E-state index in [0.29, 0.717) is 6.04 Å². The van der Waals surface area contributed by atoms with E-state index in [4.69, 9.17) is 0 Å². The second-order valence-electron chi connectivity index (χ2n) is 4.96. The minimum Gasteiger partial charge on any atom is -0.304 e. The predicted octanol–water partition coefficient (Wildman–Crippen LogP) is 2.97. The van der Waals surface area contributed by atoms with E-state index < -0.39 is 0 Å². The van der Waals surface area contributed by atoms with Crippen molar-refractivity contribution in [2.75, 3.05) is 0 Å². The summed E-state index contributed by atoms with van der Waals surface area (Å²) in [6.45, 7) is 0.860. The molecule has 3 nitrogen and oxygen atoms in total. The number of nitrogens with one attached hydrogen (secondary N) is 2. The maximum absolute atomic E-state index is 3.98. The summed E-state index contributed by atoms with van der Waals surface area (Å²) in [6.07, 6.45) is 6.86. The lowest BCUT2D eigenvalue weighted by molar-refractivity contribution is 0.485. The number of hydrogen-bond acceptors (Lipinski definition) is 2. The van der Waals surface area contributed by atoms with Crippen LogP contribution in [0.1, 0.15) is 42.1 Å². The van der Waals surface area contributed by atoms with Crippen molar-refractivity contribution in [2.24, 2.45) is 0 Å². The number of fused-ring (bicyclic) bond motifs is 1. The van der Waals surface area contributed by atoms with Crippen LogP contribution < -0.4 is 5.32 Å². The molecule has 1 aromatic carbocycles. The molecule has 0 amide bonds. The van der Waals surface area contributed by atoms with Crippen molar-refractivity contribution in [2.45, 2.75) is 38.3 Å². The second-order valence-corrected chi connectivity index (χ2v) is 4.96. The Labute approximate surface area is 108 Å². The largest absolute Gasteiger partial charge is 0.304 e. The molecule has 0 fully saturated rings. The zero-order chi connectivity index (χ0) is 12.2. The SMILES string of the molecule is c1ccc2c(c1)CCCCC2NCc1ccn[nH]1. The average molecular weight is 241 g/mol. The standard InChI is InChI=1S/C15H19N3/c1-3-7-14-12(5-1)6-2-4-8-15(14)16-11-13-9-10-17-18-13/h1,3,5,7,9-10,15-16H,2,4,6,8,11H2,(H,17,18). The number of nitrogens with zero attached hydrogens (tertiary/aromatic N) is 1. The highest BCUT2D eigenvalue weighted by Gasteiger charge is 2.17. The first kappa shape index (κ1) is 11.5. The lowest BCUT2D eigenvalue weighted by Gasteiger charge is -2.19. The van der Waals surface area contributed by atoms with Crippen LogP contribution in [0.4, 0.5) is 0 Å². The number of hydrogen-bond donors (Lipinski definition) is 2. The van der Waals surface area contributed by atoms with E-state index in [1.54, 1.807) is 6.20 Å². The van der Waals surface area contributed by atoms with Gasteiger partial charge in [0.15, 0.2) is 0 Å². The Balaban J connectivity index is 1.75. The first-order valence-corrected chi connectivity index (χ1v) is 6.73. The molecule has 2 N–H and O–H groups in total. The maximum Gasteiger partial charge on any atom is 0.0490 e. The van der Waals surface area contributed by atoms with E-state index in [2.05, 4.69) is 39.8 Å². The molecule has 2 aromatic rings. The Bertz CT molecular complexity index is 490. The monoisotopic (exact) mass is 241 g/mol. The summed E-state index contributed by atoms with van der Waals surface area (Å²) in [6, 6.07) is 11.3. The van der Waals surface area contributed by atoms with E-state index >= 15 is 0 Å². The van der Waals surface area contributed by atoms with Gasteiger partial charge in [-0.25, -0.2) is 0 Å². The van der Waals surface area contributed by atoms with Gasteiger partial charge in [0, 0.05) is 24.5 Å². The summed E-state index contributed by atoms with van der Waals surface area (Å²) >= 11 is 0. The lowest BCUT2D eigenvalue weighted by atomic mass is 9.99. The van der Waals surface area contributed by atoms with Crippen LogP contribution in [0.3, 0.4) is 0 Å². The molecule has 1 heterocycles. The van der Waals surface area contributed by atoms with Crippen molar-refractivity contribution in [1.29, 1.82) is 0 Å². The van der Waals surface area contributed by atoms with E-state index in [9.17, 15) is 0 Å². The molecular weight excluding hydrogens is 222 g/mol. The fraction of sp³-hybridized carbons (Fsp3) is 0.400. The van der Waals surface area contributed by atoms with Gasteiger partial charge >= 0.3 is 0 Å². The van der Waals surface area contributed by atoms with Gasteiger partial charge < -0.3 is 5.32 Å². The third-order valence-electron chi connectivity index (χ3n) is 3.72. The number of aromatic nitrogens is 2. The van der Waals surface area contributed by atoms with Crippen LogP contribution in [0.5, 0.6) is 0 Å². The molecule has 1 atom stereocenters. The Kier molecular flexibility index (Phi) is 3.42. The minimum atomic E-state index is 0.479. The van der Waals surface area contributed by atoms with Crippen LogP contribution in [0.15, 0.2) is 36.5 Å². The van der Waals surface area contributed by atoms with Crippen molar-refractivity contribution in [3.8, 4) is 0 Å². The molecule has 0 saturated heterocycles. The Hall–Kier alpha value is -1.61. The van der Waals surface area contributed by atoms with Crippen molar-refractivity contribution in [3.05, 3.63) is 53.3 Å². The number of benzene rings is 1. The molecule has 0 saturated carbocycles. The van der Waals surface area contributed by atoms with Crippen molar-refractivity contribution < 1.29 is 0 Å². The fourth-order valence-electron chi connectivity index (χ4n) is 2.75. The number of H-pyrrole nitrogens is 1. The van der Waals surface area contributed by atoms with Crippen LogP contribution in [0, 0.1) is 0 Å². The molecule has 0 bridgehead atoms. The predicted molar refractivity (Wildman–Crippen MR) is 72.2 cm³/mol. The van der Waals surface area contributed by atoms with Gasteiger partial charge in [-0.3, -0.25) is 5.10 Å². The van der Waals surface area contributed by atoms with Crippen LogP contribution in [-0.4, -0.2) is 10.2 Å². The van der Waals surface area contributed by atoms with Gasteiger partial charge in [0.05, 0.1) is 0 Å². The molecule has 1 aliphatic carbocycles. The second kappa shape index (κ2) is 5.36. The molecule has 1 unspecified atom stereocenters. The van der Waals surface area contributed by atoms with Crippen LogP contribution in [0.25, 0.3) is 0 Å². The van der Waals surface area contributed by atoms with Gasteiger partial charge in [-0.05, 0) is 36.5 Å². The minimum absolute atomic E-state index is 0.479. The third-order valence-corrected chi connectivity index (χ3v) is 3.72. The van der Waals surface area contributed by atoms with Crippen molar-refractivity contribution >= 4 is 0 Å². The van der Waals surface area contributed by atoms with E-state index in [1.807, 2.05) is 6.07 Å². The topological polar surface area (TPSA) is 40.7 Å². The first-order valence-electron chi connectivity index (χ1n) is 6.73. The van der Waals surface area contributed by atoms with Gasteiger partial charge in [0.1, 0.15) is 0 Å². The Morgan fingerprint density at radius 2 is 2.17 bits per heavy atom. The highest BCUT2D eigenvalue weighted by Crippen LogP contribution is 2.28. The zero-order valence-electron chi connectivity index (χ0n) is 10.5. The zero-order valence-corrected chi connectivity index (χ0v) is 10.5. The highest BCUT2D eigenvalue weighted by molar-refractivity contribution is 5.31. The number of rotatable bonds is 3. The Morgan fingerprint density at radius 3 is 3.06 bits per heavy atom.